The van der Waals surface area contributed by atoms with Crippen LogP contribution in [0.4, 0.5) is 11.4 Å². The third kappa shape index (κ3) is 4.68. The summed E-state index contributed by atoms with van der Waals surface area (Å²) < 4.78 is 4.92. The van der Waals surface area contributed by atoms with E-state index >= 15 is 0 Å². The number of nitrogens with zero attached hydrogens (tertiary/aromatic N) is 3. The molecule has 1 aliphatic heterocycles. The van der Waals surface area contributed by atoms with Crippen LogP contribution in [0.5, 0.6) is 0 Å². The van der Waals surface area contributed by atoms with Gasteiger partial charge in [0.1, 0.15) is 5.69 Å². The van der Waals surface area contributed by atoms with Crippen LogP contribution in [0.2, 0.25) is 0 Å². The number of hydrogen-bond acceptors (Lipinski definition) is 6. The molecule has 0 aromatic heterocycles. The number of nitro benzene ring substituents is 1. The monoisotopic (exact) mass is 349 g/mol. The quantitative estimate of drug-likeness (QED) is 0.459. The van der Waals surface area contributed by atoms with E-state index in [0.717, 1.165) is 25.9 Å². The minimum absolute atomic E-state index is 0.0621. The molecule has 1 aromatic rings. The van der Waals surface area contributed by atoms with Crippen LogP contribution < -0.4 is 4.90 Å². The van der Waals surface area contributed by atoms with Gasteiger partial charge in [-0.1, -0.05) is 6.92 Å². The van der Waals surface area contributed by atoms with Crippen LogP contribution in [0, 0.1) is 16.0 Å². The Morgan fingerprint density at radius 2 is 2.12 bits per heavy atom. The number of nitro groups is 1. The lowest BCUT2D eigenvalue weighted by Gasteiger charge is -2.32. The van der Waals surface area contributed by atoms with Gasteiger partial charge in [0, 0.05) is 33.3 Å². The molecule has 0 N–H and O–H groups in total. The van der Waals surface area contributed by atoms with E-state index in [1.807, 2.05) is 4.90 Å². The second kappa shape index (κ2) is 7.96. The standard InChI is InChI=1S/C17H23N3O5/c1-12-5-4-8-19(10-12)14-7-6-13(9-15(14)20(23)24)17(22)25-11-16(21)18(2)3/h6-7,9,12H,4-5,8,10-11H2,1-3H3/t12-/m1/s1. The van der Waals surface area contributed by atoms with E-state index in [4.69, 9.17) is 4.74 Å². The van der Waals surface area contributed by atoms with Crippen molar-refractivity contribution in [1.29, 1.82) is 0 Å². The molecular weight excluding hydrogens is 326 g/mol. The number of carbonyl (C=O) groups excluding carboxylic acids is 2. The van der Waals surface area contributed by atoms with Crippen molar-refractivity contribution >= 4 is 23.3 Å². The van der Waals surface area contributed by atoms with Crippen molar-refractivity contribution < 1.29 is 19.2 Å². The molecule has 1 heterocycles. The highest BCUT2D eigenvalue weighted by Gasteiger charge is 2.25. The molecule has 1 saturated heterocycles. The Balaban J connectivity index is 2.19. The lowest BCUT2D eigenvalue weighted by molar-refractivity contribution is -0.384. The predicted molar refractivity (Wildman–Crippen MR) is 92.7 cm³/mol. The van der Waals surface area contributed by atoms with Gasteiger partial charge in [-0.25, -0.2) is 4.79 Å². The molecule has 2 rings (SSSR count). The van der Waals surface area contributed by atoms with Gasteiger partial charge in [0.2, 0.25) is 0 Å². The normalized spacial score (nSPS) is 17.1. The molecule has 136 valence electrons. The van der Waals surface area contributed by atoms with Gasteiger partial charge in [-0.3, -0.25) is 14.9 Å². The summed E-state index contributed by atoms with van der Waals surface area (Å²) in [5.41, 5.74) is 0.451. The highest BCUT2D eigenvalue weighted by molar-refractivity contribution is 5.93. The SMILES string of the molecule is C[C@@H]1CCCN(c2ccc(C(=O)OCC(=O)N(C)C)cc2[N+](=O)[O-])C1. The van der Waals surface area contributed by atoms with Crippen molar-refractivity contribution in [3.8, 4) is 0 Å². The third-order valence-electron chi connectivity index (χ3n) is 4.23. The van der Waals surface area contributed by atoms with Gasteiger partial charge in [0.25, 0.3) is 11.6 Å². The van der Waals surface area contributed by atoms with Crippen LogP contribution in [0.1, 0.15) is 30.1 Å². The number of ether oxygens (including phenoxy) is 1. The average Bonchev–Trinajstić information content (AvgIpc) is 2.58. The summed E-state index contributed by atoms with van der Waals surface area (Å²) in [4.78, 5) is 37.8. The number of amides is 1. The number of esters is 1. The van der Waals surface area contributed by atoms with E-state index < -0.39 is 17.5 Å². The maximum Gasteiger partial charge on any atom is 0.338 e. The van der Waals surface area contributed by atoms with E-state index in [0.29, 0.717) is 11.6 Å². The molecule has 0 aliphatic carbocycles. The van der Waals surface area contributed by atoms with Crippen LogP contribution in [-0.2, 0) is 9.53 Å². The molecule has 8 heteroatoms. The number of piperidine rings is 1. The van der Waals surface area contributed by atoms with Crippen LogP contribution >= 0.6 is 0 Å². The van der Waals surface area contributed by atoms with Crippen molar-refractivity contribution in [2.75, 3.05) is 38.7 Å². The lowest BCUT2D eigenvalue weighted by atomic mass is 9.99. The van der Waals surface area contributed by atoms with Gasteiger partial charge in [-0.05, 0) is 30.9 Å². The molecule has 1 aromatic carbocycles. The molecule has 1 amide bonds. The van der Waals surface area contributed by atoms with Gasteiger partial charge in [0.15, 0.2) is 6.61 Å². The highest BCUT2D eigenvalue weighted by atomic mass is 16.6. The minimum atomic E-state index is -0.753. The molecule has 1 fully saturated rings. The molecule has 0 radical (unpaired) electrons. The lowest BCUT2D eigenvalue weighted by Crippen LogP contribution is -2.34. The second-order valence-corrected chi connectivity index (χ2v) is 6.52. The fourth-order valence-electron chi connectivity index (χ4n) is 2.81. The first-order valence-electron chi connectivity index (χ1n) is 8.20. The summed E-state index contributed by atoms with van der Waals surface area (Å²) in [7, 11) is 3.10. The van der Waals surface area contributed by atoms with Gasteiger partial charge in [-0.2, -0.15) is 0 Å². The molecule has 1 atom stereocenters. The third-order valence-corrected chi connectivity index (χ3v) is 4.23. The first-order chi connectivity index (χ1) is 11.8. The number of hydrogen-bond donors (Lipinski definition) is 0. The smallest absolute Gasteiger partial charge is 0.338 e. The fourth-order valence-corrected chi connectivity index (χ4v) is 2.81. The molecule has 1 aliphatic rings. The Morgan fingerprint density at radius 3 is 2.72 bits per heavy atom. The molecule has 0 unspecified atom stereocenters. The number of rotatable bonds is 5. The maximum atomic E-state index is 12.1. The van der Waals surface area contributed by atoms with E-state index in [2.05, 4.69) is 6.92 Å². The summed E-state index contributed by atoms with van der Waals surface area (Å²) in [5.74, 6) is -0.645. The van der Waals surface area contributed by atoms with Crippen LogP contribution in [0.15, 0.2) is 18.2 Å². The number of carbonyl (C=O) groups is 2. The van der Waals surface area contributed by atoms with Crippen molar-refractivity contribution in [2.24, 2.45) is 5.92 Å². The maximum absolute atomic E-state index is 12.1. The van der Waals surface area contributed by atoms with Crippen molar-refractivity contribution in [3.63, 3.8) is 0 Å². The predicted octanol–water partition coefficient (Wildman–Crippen LogP) is 2.08. The highest BCUT2D eigenvalue weighted by Crippen LogP contribution is 2.32. The zero-order chi connectivity index (χ0) is 18.6. The first kappa shape index (κ1) is 18.7. The Bertz CT molecular complexity index is 674. The fraction of sp³-hybridized carbons (Fsp3) is 0.529. The number of benzene rings is 1. The van der Waals surface area contributed by atoms with Crippen LogP contribution in [0.3, 0.4) is 0 Å². The van der Waals surface area contributed by atoms with E-state index in [1.54, 1.807) is 20.2 Å². The summed E-state index contributed by atoms with van der Waals surface area (Å²) in [6.07, 6.45) is 2.09. The summed E-state index contributed by atoms with van der Waals surface area (Å²) in [5, 5.41) is 11.4. The van der Waals surface area contributed by atoms with Crippen LogP contribution in [-0.4, -0.2) is 55.5 Å². The molecule has 8 nitrogen and oxygen atoms in total. The molecule has 0 spiro atoms. The van der Waals surface area contributed by atoms with Crippen molar-refractivity contribution in [2.45, 2.75) is 19.8 Å². The molecular formula is C17H23N3O5. The van der Waals surface area contributed by atoms with Crippen molar-refractivity contribution in [3.05, 3.63) is 33.9 Å². The van der Waals surface area contributed by atoms with Gasteiger partial charge < -0.3 is 14.5 Å². The molecule has 0 bridgehead atoms. The van der Waals surface area contributed by atoms with Gasteiger partial charge >= 0.3 is 5.97 Å². The van der Waals surface area contributed by atoms with E-state index in [-0.39, 0.29) is 17.2 Å². The Kier molecular flexibility index (Phi) is 5.95. The van der Waals surface area contributed by atoms with E-state index in [9.17, 15) is 19.7 Å². The Morgan fingerprint density at radius 1 is 1.40 bits per heavy atom. The Labute approximate surface area is 146 Å². The summed E-state index contributed by atoms with van der Waals surface area (Å²) >= 11 is 0. The molecule has 25 heavy (non-hydrogen) atoms. The summed E-state index contributed by atoms with van der Waals surface area (Å²) in [6.45, 7) is 3.23. The first-order valence-corrected chi connectivity index (χ1v) is 8.20. The largest absolute Gasteiger partial charge is 0.452 e. The van der Waals surface area contributed by atoms with Gasteiger partial charge in [-0.15, -0.1) is 0 Å². The van der Waals surface area contributed by atoms with Crippen molar-refractivity contribution in [1.82, 2.24) is 4.90 Å². The average molecular weight is 349 g/mol. The topological polar surface area (TPSA) is 93.0 Å². The van der Waals surface area contributed by atoms with Gasteiger partial charge in [0.05, 0.1) is 10.5 Å². The zero-order valence-corrected chi connectivity index (χ0v) is 14.7. The molecule has 0 saturated carbocycles. The summed E-state index contributed by atoms with van der Waals surface area (Å²) in [6, 6.07) is 4.31. The van der Waals surface area contributed by atoms with E-state index in [1.165, 1.54) is 17.0 Å². The number of anilines is 1. The Hall–Kier alpha value is -2.64. The van der Waals surface area contributed by atoms with Crippen LogP contribution in [0.25, 0.3) is 0 Å². The zero-order valence-electron chi connectivity index (χ0n) is 14.7. The minimum Gasteiger partial charge on any atom is -0.452 e. The second-order valence-electron chi connectivity index (χ2n) is 6.52. The number of likely N-dealkylation sites (N-methyl/N-ethyl adjacent to an activating group) is 1.